The first-order valence-electron chi connectivity index (χ1n) is 6.51. The smallest absolute Gasteiger partial charge is 0.171 e. The van der Waals surface area contributed by atoms with Gasteiger partial charge in [-0.05, 0) is 37.8 Å². The Bertz CT molecular complexity index is 380. The summed E-state index contributed by atoms with van der Waals surface area (Å²) in [7, 11) is 3.33. The number of rotatable bonds is 5. The Morgan fingerprint density at radius 2 is 2.17 bits per heavy atom. The SMILES string of the molecule is COC(OC)C(C)NC1CCCc2cccnc21. The topological polar surface area (TPSA) is 43.4 Å². The lowest BCUT2D eigenvalue weighted by molar-refractivity contribution is -0.121. The second-order valence-corrected chi connectivity index (χ2v) is 4.79. The quantitative estimate of drug-likeness (QED) is 0.812. The predicted octanol–water partition coefficient (Wildman–Crippen LogP) is 2.06. The first-order valence-corrected chi connectivity index (χ1v) is 6.51. The molecule has 0 saturated carbocycles. The fourth-order valence-electron chi connectivity index (χ4n) is 2.67. The number of ether oxygens (including phenoxy) is 2. The Labute approximate surface area is 109 Å². The number of aryl methyl sites for hydroxylation is 1. The van der Waals surface area contributed by atoms with Crippen LogP contribution in [0.25, 0.3) is 0 Å². The van der Waals surface area contributed by atoms with Crippen LogP contribution < -0.4 is 5.32 Å². The largest absolute Gasteiger partial charge is 0.354 e. The highest BCUT2D eigenvalue weighted by atomic mass is 16.7. The number of aromatic nitrogens is 1. The second-order valence-electron chi connectivity index (χ2n) is 4.79. The minimum absolute atomic E-state index is 0.137. The Balaban J connectivity index is 2.07. The maximum Gasteiger partial charge on any atom is 0.171 e. The molecule has 0 spiro atoms. The Kier molecular flexibility index (Phi) is 4.69. The predicted molar refractivity (Wildman–Crippen MR) is 70.3 cm³/mol. The van der Waals surface area contributed by atoms with Gasteiger partial charge in [-0.25, -0.2) is 0 Å². The van der Waals surface area contributed by atoms with E-state index >= 15 is 0 Å². The van der Waals surface area contributed by atoms with E-state index in [9.17, 15) is 0 Å². The Hall–Kier alpha value is -0.970. The number of fused-ring (bicyclic) bond motifs is 1. The van der Waals surface area contributed by atoms with Gasteiger partial charge in [0, 0.05) is 20.4 Å². The van der Waals surface area contributed by atoms with Crippen LogP contribution in [0.15, 0.2) is 18.3 Å². The first kappa shape index (κ1) is 13.5. The van der Waals surface area contributed by atoms with Gasteiger partial charge >= 0.3 is 0 Å². The molecule has 4 heteroatoms. The van der Waals surface area contributed by atoms with Gasteiger partial charge < -0.3 is 14.8 Å². The molecule has 1 aliphatic carbocycles. The summed E-state index contributed by atoms with van der Waals surface area (Å²) in [5, 5.41) is 3.56. The lowest BCUT2D eigenvalue weighted by atomic mass is 9.91. The Morgan fingerprint density at radius 1 is 1.39 bits per heavy atom. The maximum atomic E-state index is 5.29. The number of pyridine rings is 1. The molecule has 1 aliphatic rings. The van der Waals surface area contributed by atoms with Crippen molar-refractivity contribution in [3.8, 4) is 0 Å². The van der Waals surface area contributed by atoms with Gasteiger partial charge in [0.15, 0.2) is 6.29 Å². The van der Waals surface area contributed by atoms with E-state index in [1.165, 1.54) is 17.7 Å². The number of methoxy groups -OCH3 is 2. The molecule has 2 unspecified atom stereocenters. The highest BCUT2D eigenvalue weighted by Gasteiger charge is 2.25. The van der Waals surface area contributed by atoms with Crippen LogP contribution in [-0.4, -0.2) is 31.5 Å². The summed E-state index contributed by atoms with van der Waals surface area (Å²) in [6.45, 7) is 2.08. The van der Waals surface area contributed by atoms with Crippen molar-refractivity contribution in [3.05, 3.63) is 29.6 Å². The van der Waals surface area contributed by atoms with Crippen molar-refractivity contribution >= 4 is 0 Å². The third-order valence-electron chi connectivity index (χ3n) is 3.53. The molecule has 1 aromatic heterocycles. The summed E-state index contributed by atoms with van der Waals surface area (Å²) in [6.07, 6.45) is 5.10. The van der Waals surface area contributed by atoms with E-state index in [1.54, 1.807) is 14.2 Å². The molecule has 1 heterocycles. The monoisotopic (exact) mass is 250 g/mol. The van der Waals surface area contributed by atoms with Crippen LogP contribution in [0.3, 0.4) is 0 Å². The molecule has 4 nitrogen and oxygen atoms in total. The minimum Gasteiger partial charge on any atom is -0.354 e. The molecule has 0 radical (unpaired) electrons. The number of nitrogens with zero attached hydrogens (tertiary/aromatic N) is 1. The molecule has 0 saturated heterocycles. The fraction of sp³-hybridized carbons (Fsp3) is 0.643. The van der Waals surface area contributed by atoms with Crippen molar-refractivity contribution < 1.29 is 9.47 Å². The van der Waals surface area contributed by atoms with Crippen molar-refractivity contribution in [1.82, 2.24) is 10.3 Å². The zero-order chi connectivity index (χ0) is 13.0. The van der Waals surface area contributed by atoms with Gasteiger partial charge in [-0.3, -0.25) is 4.98 Å². The third-order valence-corrected chi connectivity index (χ3v) is 3.53. The van der Waals surface area contributed by atoms with Gasteiger partial charge in [-0.15, -0.1) is 0 Å². The minimum atomic E-state index is -0.223. The molecule has 1 aromatic rings. The summed E-state index contributed by atoms with van der Waals surface area (Å²) in [6, 6.07) is 4.62. The average molecular weight is 250 g/mol. The summed E-state index contributed by atoms with van der Waals surface area (Å²) < 4.78 is 10.6. The van der Waals surface area contributed by atoms with Gasteiger partial charge in [-0.1, -0.05) is 6.07 Å². The maximum absolute atomic E-state index is 5.29. The van der Waals surface area contributed by atoms with Gasteiger partial charge in [-0.2, -0.15) is 0 Å². The summed E-state index contributed by atoms with van der Waals surface area (Å²) in [5.74, 6) is 0. The Morgan fingerprint density at radius 3 is 2.89 bits per heavy atom. The molecule has 1 N–H and O–H groups in total. The van der Waals surface area contributed by atoms with E-state index in [2.05, 4.69) is 23.3 Å². The summed E-state index contributed by atoms with van der Waals surface area (Å²) in [4.78, 5) is 4.52. The number of hydrogen-bond donors (Lipinski definition) is 1. The summed E-state index contributed by atoms with van der Waals surface area (Å²) >= 11 is 0. The van der Waals surface area contributed by atoms with Crippen molar-refractivity contribution in [2.45, 2.75) is 44.6 Å². The van der Waals surface area contributed by atoms with E-state index in [0.29, 0.717) is 6.04 Å². The molecular formula is C14H22N2O2. The highest BCUT2D eigenvalue weighted by Crippen LogP contribution is 2.28. The first-order chi connectivity index (χ1) is 8.76. The van der Waals surface area contributed by atoms with Gasteiger partial charge in [0.1, 0.15) is 0 Å². The molecule has 0 bridgehead atoms. The zero-order valence-corrected chi connectivity index (χ0v) is 11.3. The van der Waals surface area contributed by atoms with Gasteiger partial charge in [0.25, 0.3) is 0 Å². The molecule has 2 rings (SSSR count). The van der Waals surface area contributed by atoms with E-state index in [-0.39, 0.29) is 12.3 Å². The molecular weight excluding hydrogens is 228 g/mol. The van der Waals surface area contributed by atoms with Crippen LogP contribution in [0.1, 0.15) is 37.1 Å². The molecule has 0 amide bonds. The van der Waals surface area contributed by atoms with Crippen molar-refractivity contribution in [3.63, 3.8) is 0 Å². The van der Waals surface area contributed by atoms with Gasteiger partial charge in [0.2, 0.25) is 0 Å². The molecule has 0 aliphatic heterocycles. The third kappa shape index (κ3) is 2.88. The van der Waals surface area contributed by atoms with Crippen molar-refractivity contribution in [2.75, 3.05) is 14.2 Å². The molecule has 0 fully saturated rings. The average Bonchev–Trinajstić information content (AvgIpc) is 2.40. The van der Waals surface area contributed by atoms with Crippen LogP contribution in [-0.2, 0) is 15.9 Å². The lowest BCUT2D eigenvalue weighted by Crippen LogP contribution is -2.42. The molecule has 2 atom stereocenters. The molecule has 0 aromatic carbocycles. The normalized spacial score (nSPS) is 20.8. The number of hydrogen-bond acceptors (Lipinski definition) is 4. The van der Waals surface area contributed by atoms with E-state index in [4.69, 9.17) is 9.47 Å². The van der Waals surface area contributed by atoms with E-state index < -0.39 is 0 Å². The van der Waals surface area contributed by atoms with Crippen molar-refractivity contribution in [1.29, 1.82) is 0 Å². The van der Waals surface area contributed by atoms with Crippen molar-refractivity contribution in [2.24, 2.45) is 0 Å². The second kappa shape index (κ2) is 6.27. The lowest BCUT2D eigenvalue weighted by Gasteiger charge is -2.30. The van der Waals surface area contributed by atoms with Crippen LogP contribution >= 0.6 is 0 Å². The number of nitrogens with one attached hydrogen (secondary N) is 1. The van der Waals surface area contributed by atoms with Crippen LogP contribution in [0.4, 0.5) is 0 Å². The highest BCUT2D eigenvalue weighted by molar-refractivity contribution is 5.25. The van der Waals surface area contributed by atoms with Gasteiger partial charge in [0.05, 0.1) is 17.8 Å². The fourth-order valence-corrected chi connectivity index (χ4v) is 2.67. The summed E-state index contributed by atoms with van der Waals surface area (Å²) in [5.41, 5.74) is 2.54. The molecule has 18 heavy (non-hydrogen) atoms. The van der Waals surface area contributed by atoms with E-state index in [0.717, 1.165) is 12.8 Å². The standard InChI is InChI=1S/C14H22N2O2/c1-10(14(17-2)18-3)16-12-8-4-6-11-7-5-9-15-13(11)12/h5,7,9-10,12,14,16H,4,6,8H2,1-3H3. The van der Waals surface area contributed by atoms with Crippen LogP contribution in [0.5, 0.6) is 0 Å². The van der Waals surface area contributed by atoms with Crippen LogP contribution in [0.2, 0.25) is 0 Å². The zero-order valence-electron chi connectivity index (χ0n) is 11.3. The van der Waals surface area contributed by atoms with E-state index in [1.807, 2.05) is 12.3 Å². The molecule has 100 valence electrons. The van der Waals surface area contributed by atoms with Crippen LogP contribution in [0, 0.1) is 0 Å².